The van der Waals surface area contributed by atoms with Gasteiger partial charge in [0, 0.05) is 24.0 Å². The van der Waals surface area contributed by atoms with Crippen molar-refractivity contribution in [3.63, 3.8) is 0 Å². The fourth-order valence-corrected chi connectivity index (χ4v) is 2.43. The van der Waals surface area contributed by atoms with Crippen LogP contribution in [0.3, 0.4) is 0 Å². The molecule has 72 valence electrons. The van der Waals surface area contributed by atoms with Crippen molar-refractivity contribution < 1.29 is 4.79 Å². The largest absolute Gasteiger partial charge is 0.351 e. The summed E-state index contributed by atoms with van der Waals surface area (Å²) in [6, 6.07) is 1.03. The molecule has 4 fully saturated rings. The fraction of sp³-hybridized carbons (Fsp3) is 0.900. The molecule has 2 saturated carbocycles. The maximum Gasteiger partial charge on any atom is 0.226 e. The first-order chi connectivity index (χ1) is 6.19. The van der Waals surface area contributed by atoms with Gasteiger partial charge >= 0.3 is 0 Å². The lowest BCUT2D eigenvalue weighted by Crippen LogP contribution is -2.55. The second kappa shape index (κ2) is 2.27. The SMILES string of the molecule is CC1(C(=O)NC2C3CNC2C3)CC1. The number of amides is 1. The summed E-state index contributed by atoms with van der Waals surface area (Å²) in [5.74, 6) is 1.01. The second-order valence-electron chi connectivity index (χ2n) is 5.07. The van der Waals surface area contributed by atoms with Gasteiger partial charge < -0.3 is 10.6 Å². The van der Waals surface area contributed by atoms with Gasteiger partial charge in [0.25, 0.3) is 0 Å². The van der Waals surface area contributed by atoms with Gasteiger partial charge in [-0.25, -0.2) is 0 Å². The van der Waals surface area contributed by atoms with Crippen LogP contribution in [0.2, 0.25) is 0 Å². The Morgan fingerprint density at radius 3 is 2.77 bits per heavy atom. The third-order valence-corrected chi connectivity index (χ3v) is 3.99. The van der Waals surface area contributed by atoms with Crippen LogP contribution in [0.25, 0.3) is 0 Å². The molecule has 2 heterocycles. The van der Waals surface area contributed by atoms with Crippen LogP contribution in [0.5, 0.6) is 0 Å². The summed E-state index contributed by atoms with van der Waals surface area (Å²) >= 11 is 0. The Morgan fingerprint density at radius 2 is 2.31 bits per heavy atom. The Morgan fingerprint density at radius 1 is 1.54 bits per heavy atom. The summed E-state index contributed by atoms with van der Waals surface area (Å²) in [5, 5.41) is 6.59. The average molecular weight is 180 g/mol. The Kier molecular flexibility index (Phi) is 1.36. The molecular formula is C10H16N2O. The highest BCUT2D eigenvalue weighted by Gasteiger charge is 2.51. The summed E-state index contributed by atoms with van der Waals surface area (Å²) in [6.07, 6.45) is 3.42. The van der Waals surface area contributed by atoms with Gasteiger partial charge in [0.15, 0.2) is 0 Å². The van der Waals surface area contributed by atoms with Gasteiger partial charge in [0.1, 0.15) is 0 Å². The fourth-order valence-electron chi connectivity index (χ4n) is 2.43. The topological polar surface area (TPSA) is 41.1 Å². The molecule has 0 radical (unpaired) electrons. The number of hydrogen-bond acceptors (Lipinski definition) is 2. The summed E-state index contributed by atoms with van der Waals surface area (Å²) in [7, 11) is 0. The number of fused-ring (bicyclic) bond motifs is 1. The van der Waals surface area contributed by atoms with Crippen molar-refractivity contribution in [2.75, 3.05) is 6.54 Å². The van der Waals surface area contributed by atoms with E-state index in [9.17, 15) is 4.79 Å². The molecule has 13 heavy (non-hydrogen) atoms. The highest BCUT2D eigenvalue weighted by atomic mass is 16.2. The van der Waals surface area contributed by atoms with E-state index in [1.165, 1.54) is 6.42 Å². The molecule has 2 aliphatic heterocycles. The molecule has 3 atom stereocenters. The third-order valence-electron chi connectivity index (χ3n) is 3.99. The van der Waals surface area contributed by atoms with E-state index < -0.39 is 0 Å². The summed E-state index contributed by atoms with van der Waals surface area (Å²) < 4.78 is 0. The quantitative estimate of drug-likeness (QED) is 0.640. The van der Waals surface area contributed by atoms with Crippen molar-refractivity contribution in [2.24, 2.45) is 11.3 Å². The van der Waals surface area contributed by atoms with Crippen LogP contribution in [0, 0.1) is 11.3 Å². The molecule has 2 bridgehead atoms. The van der Waals surface area contributed by atoms with Crippen LogP contribution in [0.4, 0.5) is 0 Å². The minimum Gasteiger partial charge on any atom is -0.351 e. The first-order valence-corrected chi connectivity index (χ1v) is 5.23. The van der Waals surface area contributed by atoms with Gasteiger partial charge in [-0.1, -0.05) is 6.92 Å². The van der Waals surface area contributed by atoms with Crippen molar-refractivity contribution >= 4 is 5.91 Å². The minimum atomic E-state index is -0.00493. The highest BCUT2D eigenvalue weighted by Crippen LogP contribution is 2.46. The van der Waals surface area contributed by atoms with E-state index in [4.69, 9.17) is 0 Å². The molecule has 4 aliphatic rings. The van der Waals surface area contributed by atoms with Gasteiger partial charge in [0.2, 0.25) is 5.91 Å². The summed E-state index contributed by atoms with van der Waals surface area (Å²) in [6.45, 7) is 3.17. The first-order valence-electron chi connectivity index (χ1n) is 5.23. The molecule has 2 saturated heterocycles. The van der Waals surface area contributed by atoms with E-state index in [1.807, 2.05) is 0 Å². The maximum absolute atomic E-state index is 11.7. The Bertz CT molecular complexity index is 246. The number of rotatable bonds is 2. The lowest BCUT2D eigenvalue weighted by atomic mass is 9.80. The lowest BCUT2D eigenvalue weighted by molar-refractivity contribution is -0.127. The van der Waals surface area contributed by atoms with E-state index >= 15 is 0 Å². The van der Waals surface area contributed by atoms with Crippen LogP contribution in [0.1, 0.15) is 26.2 Å². The Hall–Kier alpha value is -0.570. The van der Waals surface area contributed by atoms with Crippen molar-refractivity contribution in [1.29, 1.82) is 0 Å². The van der Waals surface area contributed by atoms with Gasteiger partial charge in [-0.2, -0.15) is 0 Å². The zero-order chi connectivity index (χ0) is 9.05. The van der Waals surface area contributed by atoms with Gasteiger partial charge in [-0.05, 0) is 25.2 Å². The maximum atomic E-state index is 11.7. The molecule has 1 amide bonds. The van der Waals surface area contributed by atoms with E-state index in [0.29, 0.717) is 12.1 Å². The normalized spacial score (nSPS) is 43.9. The number of carbonyl (C=O) groups excluding carboxylic acids is 1. The number of carbonyl (C=O) groups is 1. The lowest BCUT2D eigenvalue weighted by Gasteiger charge is -2.35. The van der Waals surface area contributed by atoms with Crippen LogP contribution in [0.15, 0.2) is 0 Å². The molecule has 4 rings (SSSR count). The molecule has 0 aromatic rings. The Labute approximate surface area is 78.3 Å². The molecule has 0 spiro atoms. The molecule has 0 aromatic heterocycles. The summed E-state index contributed by atoms with van der Waals surface area (Å²) in [4.78, 5) is 11.7. The minimum absolute atomic E-state index is 0.00493. The summed E-state index contributed by atoms with van der Waals surface area (Å²) in [5.41, 5.74) is -0.00493. The van der Waals surface area contributed by atoms with Crippen molar-refractivity contribution in [3.8, 4) is 0 Å². The monoisotopic (exact) mass is 180 g/mol. The van der Waals surface area contributed by atoms with Crippen LogP contribution in [-0.4, -0.2) is 24.5 Å². The molecule has 0 aromatic carbocycles. The average Bonchev–Trinajstić information content (AvgIpc) is 2.60. The molecule has 3 nitrogen and oxygen atoms in total. The highest BCUT2D eigenvalue weighted by molar-refractivity contribution is 5.85. The zero-order valence-electron chi connectivity index (χ0n) is 7.97. The predicted molar refractivity (Wildman–Crippen MR) is 49.2 cm³/mol. The second-order valence-corrected chi connectivity index (χ2v) is 5.07. The number of hydrogen-bond donors (Lipinski definition) is 2. The zero-order valence-corrected chi connectivity index (χ0v) is 7.97. The van der Waals surface area contributed by atoms with E-state index in [2.05, 4.69) is 17.6 Å². The van der Waals surface area contributed by atoms with Gasteiger partial charge in [0.05, 0.1) is 0 Å². The molecule has 3 heteroatoms. The molecule has 3 unspecified atom stereocenters. The Balaban J connectivity index is 1.61. The number of nitrogens with one attached hydrogen (secondary N) is 2. The van der Waals surface area contributed by atoms with E-state index in [0.717, 1.165) is 25.3 Å². The first kappa shape index (κ1) is 7.80. The van der Waals surface area contributed by atoms with E-state index in [1.54, 1.807) is 0 Å². The smallest absolute Gasteiger partial charge is 0.226 e. The molecule has 2 aliphatic carbocycles. The van der Waals surface area contributed by atoms with Crippen molar-refractivity contribution in [2.45, 2.75) is 38.3 Å². The van der Waals surface area contributed by atoms with Crippen LogP contribution < -0.4 is 10.6 Å². The third kappa shape index (κ3) is 1.03. The van der Waals surface area contributed by atoms with Crippen LogP contribution in [-0.2, 0) is 4.79 Å². The van der Waals surface area contributed by atoms with Crippen molar-refractivity contribution in [1.82, 2.24) is 10.6 Å². The van der Waals surface area contributed by atoms with Crippen molar-refractivity contribution in [3.05, 3.63) is 0 Å². The standard InChI is InChI=1S/C10H16N2O/c1-10(2-3-10)9(13)12-8-6-4-7(8)11-5-6/h6-8,11H,2-5H2,1H3,(H,12,13). The van der Waals surface area contributed by atoms with Crippen LogP contribution >= 0.6 is 0 Å². The van der Waals surface area contributed by atoms with Gasteiger partial charge in [-0.15, -0.1) is 0 Å². The van der Waals surface area contributed by atoms with Gasteiger partial charge in [-0.3, -0.25) is 4.79 Å². The molecule has 2 N–H and O–H groups in total. The predicted octanol–water partition coefficient (Wildman–Crippen LogP) is 0.263. The molecular weight excluding hydrogens is 164 g/mol. The van der Waals surface area contributed by atoms with E-state index in [-0.39, 0.29) is 11.3 Å².